The van der Waals surface area contributed by atoms with Crippen molar-refractivity contribution >= 4 is 39.2 Å². The molecule has 0 fully saturated rings. The van der Waals surface area contributed by atoms with E-state index in [1.165, 1.54) is 0 Å². The molecule has 0 saturated carbocycles. The van der Waals surface area contributed by atoms with Crippen LogP contribution in [-0.2, 0) is 9.47 Å². The molecule has 0 aliphatic heterocycles. The fourth-order valence-electron chi connectivity index (χ4n) is 3.89. The molecule has 0 spiro atoms. The van der Waals surface area contributed by atoms with Gasteiger partial charge in [-0.3, -0.25) is 9.78 Å². The lowest BCUT2D eigenvalue weighted by Gasteiger charge is -2.12. The second kappa shape index (κ2) is 10.5. The number of benzene rings is 1. The van der Waals surface area contributed by atoms with Gasteiger partial charge in [0.2, 0.25) is 5.78 Å². The summed E-state index contributed by atoms with van der Waals surface area (Å²) in [6.07, 6.45) is 4.11. The van der Waals surface area contributed by atoms with Gasteiger partial charge in [-0.05, 0) is 87.4 Å². The molecule has 0 radical (unpaired) electrons. The summed E-state index contributed by atoms with van der Waals surface area (Å²) in [5.74, 6) is -1.90. The number of nitrogens with zero attached hydrogens (tertiary/aromatic N) is 2. The second-order valence-electron chi connectivity index (χ2n) is 8.75. The standard InChI is InChI=1S/C28H25BrN2O5/c1-16(2)35-27(33)23-22-15-20(18-9-12-30-13-10-18)11-14-31(22)25(24(23)28(34)36-17(3)4)26(32)19-5-7-21(29)8-6-19/h5-17H,1-4H3. The lowest BCUT2D eigenvalue weighted by Crippen LogP contribution is -2.20. The fourth-order valence-corrected chi connectivity index (χ4v) is 4.16. The number of hydrogen-bond acceptors (Lipinski definition) is 6. The van der Waals surface area contributed by atoms with Crippen molar-refractivity contribution in [1.29, 1.82) is 0 Å². The molecular weight excluding hydrogens is 524 g/mol. The van der Waals surface area contributed by atoms with Crippen LogP contribution in [0.3, 0.4) is 0 Å². The molecule has 8 heteroatoms. The molecule has 0 bridgehead atoms. The molecule has 0 amide bonds. The zero-order valence-corrected chi connectivity index (χ0v) is 21.9. The number of ether oxygens (including phenoxy) is 2. The number of esters is 2. The van der Waals surface area contributed by atoms with E-state index in [4.69, 9.17) is 9.47 Å². The molecule has 4 aromatic rings. The maximum atomic E-state index is 13.8. The van der Waals surface area contributed by atoms with Crippen LogP contribution in [0.25, 0.3) is 16.6 Å². The van der Waals surface area contributed by atoms with Crippen molar-refractivity contribution in [2.45, 2.75) is 39.9 Å². The molecule has 0 atom stereocenters. The van der Waals surface area contributed by atoms with Gasteiger partial charge in [0.15, 0.2) is 0 Å². The largest absolute Gasteiger partial charge is 0.459 e. The Morgan fingerprint density at radius 3 is 1.97 bits per heavy atom. The number of pyridine rings is 2. The van der Waals surface area contributed by atoms with Crippen LogP contribution < -0.4 is 0 Å². The van der Waals surface area contributed by atoms with Crippen molar-refractivity contribution in [3.8, 4) is 11.1 Å². The van der Waals surface area contributed by atoms with Crippen molar-refractivity contribution in [3.05, 3.63) is 94.0 Å². The minimum Gasteiger partial charge on any atom is -0.459 e. The van der Waals surface area contributed by atoms with Gasteiger partial charge in [0, 0.05) is 28.6 Å². The Balaban J connectivity index is 2.05. The number of carbonyl (C=O) groups excluding carboxylic acids is 3. The molecule has 1 aromatic carbocycles. The zero-order chi connectivity index (χ0) is 26.0. The summed E-state index contributed by atoms with van der Waals surface area (Å²) >= 11 is 3.38. The van der Waals surface area contributed by atoms with Gasteiger partial charge < -0.3 is 13.9 Å². The van der Waals surface area contributed by atoms with E-state index in [9.17, 15) is 14.4 Å². The first-order valence-electron chi connectivity index (χ1n) is 11.5. The van der Waals surface area contributed by atoms with Gasteiger partial charge in [-0.1, -0.05) is 15.9 Å². The van der Waals surface area contributed by atoms with Crippen LogP contribution in [0.1, 0.15) is 64.5 Å². The molecule has 0 saturated heterocycles. The van der Waals surface area contributed by atoms with Crippen LogP contribution in [0.4, 0.5) is 0 Å². The average molecular weight is 549 g/mol. The van der Waals surface area contributed by atoms with E-state index in [0.29, 0.717) is 11.1 Å². The van der Waals surface area contributed by atoms with E-state index in [-0.39, 0.29) is 16.8 Å². The highest BCUT2D eigenvalue weighted by molar-refractivity contribution is 9.10. The first-order chi connectivity index (χ1) is 17.2. The summed E-state index contributed by atoms with van der Waals surface area (Å²) in [5.41, 5.74) is 2.29. The SMILES string of the molecule is CC(C)OC(=O)c1c(C(=O)OC(C)C)c2cc(-c3ccncc3)ccn2c1C(=O)c1ccc(Br)cc1. The normalized spacial score (nSPS) is 11.2. The predicted octanol–water partition coefficient (Wildman–Crippen LogP) is 6.13. The van der Waals surface area contributed by atoms with E-state index in [0.717, 1.165) is 15.6 Å². The van der Waals surface area contributed by atoms with Crippen molar-refractivity contribution in [2.75, 3.05) is 0 Å². The summed E-state index contributed by atoms with van der Waals surface area (Å²) < 4.78 is 13.4. The Morgan fingerprint density at radius 1 is 0.806 bits per heavy atom. The van der Waals surface area contributed by atoms with E-state index in [1.807, 2.05) is 18.2 Å². The molecule has 36 heavy (non-hydrogen) atoms. The maximum absolute atomic E-state index is 13.8. The second-order valence-corrected chi connectivity index (χ2v) is 9.66. The average Bonchev–Trinajstić information content (AvgIpc) is 3.18. The van der Waals surface area contributed by atoms with Crippen molar-refractivity contribution in [3.63, 3.8) is 0 Å². The van der Waals surface area contributed by atoms with Crippen LogP contribution in [0.2, 0.25) is 0 Å². The van der Waals surface area contributed by atoms with Gasteiger partial charge in [-0.15, -0.1) is 0 Å². The van der Waals surface area contributed by atoms with Gasteiger partial charge >= 0.3 is 11.9 Å². The highest BCUT2D eigenvalue weighted by Crippen LogP contribution is 2.32. The number of rotatable bonds is 7. The maximum Gasteiger partial charge on any atom is 0.341 e. The van der Waals surface area contributed by atoms with E-state index in [2.05, 4.69) is 20.9 Å². The molecular formula is C28H25BrN2O5. The van der Waals surface area contributed by atoms with Crippen LogP contribution in [-0.4, -0.2) is 39.3 Å². The molecule has 0 N–H and O–H groups in total. The van der Waals surface area contributed by atoms with Crippen LogP contribution in [0.5, 0.6) is 0 Å². The molecule has 184 valence electrons. The third-order valence-corrected chi connectivity index (χ3v) is 5.90. The Kier molecular flexibility index (Phi) is 7.35. The molecule has 0 aliphatic carbocycles. The van der Waals surface area contributed by atoms with Crippen LogP contribution in [0.15, 0.2) is 71.6 Å². The number of carbonyl (C=O) groups is 3. The Bertz CT molecular complexity index is 1440. The summed E-state index contributed by atoms with van der Waals surface area (Å²) in [5, 5.41) is 0. The Morgan fingerprint density at radius 2 is 1.39 bits per heavy atom. The smallest absolute Gasteiger partial charge is 0.341 e. The highest BCUT2D eigenvalue weighted by atomic mass is 79.9. The minimum atomic E-state index is -0.768. The zero-order valence-electron chi connectivity index (χ0n) is 20.3. The van der Waals surface area contributed by atoms with Gasteiger partial charge in [0.05, 0.1) is 17.7 Å². The van der Waals surface area contributed by atoms with Crippen LogP contribution in [0, 0.1) is 0 Å². The first-order valence-corrected chi connectivity index (χ1v) is 12.3. The molecule has 3 heterocycles. The molecule has 4 rings (SSSR count). The Hall–Kier alpha value is -3.78. The van der Waals surface area contributed by atoms with Gasteiger partial charge in [0.25, 0.3) is 0 Å². The Labute approximate surface area is 217 Å². The van der Waals surface area contributed by atoms with Gasteiger partial charge in [-0.2, -0.15) is 0 Å². The number of halogens is 1. The molecule has 3 aromatic heterocycles. The first kappa shape index (κ1) is 25.3. The minimum absolute atomic E-state index is 0.00859. The number of aromatic nitrogens is 2. The summed E-state index contributed by atoms with van der Waals surface area (Å²) in [4.78, 5) is 44.6. The number of ketones is 1. The summed E-state index contributed by atoms with van der Waals surface area (Å²) in [6.45, 7) is 6.85. The van der Waals surface area contributed by atoms with Gasteiger partial charge in [0.1, 0.15) is 16.8 Å². The summed E-state index contributed by atoms with van der Waals surface area (Å²) in [6, 6.07) is 14.0. The molecule has 0 aliphatic rings. The monoisotopic (exact) mass is 548 g/mol. The quantitative estimate of drug-likeness (QED) is 0.204. The lowest BCUT2D eigenvalue weighted by atomic mass is 10.0. The lowest BCUT2D eigenvalue weighted by molar-refractivity contribution is 0.0330. The van der Waals surface area contributed by atoms with Gasteiger partial charge in [-0.25, -0.2) is 9.59 Å². The topological polar surface area (TPSA) is 87.0 Å². The number of hydrogen-bond donors (Lipinski definition) is 0. The summed E-state index contributed by atoms with van der Waals surface area (Å²) in [7, 11) is 0. The van der Waals surface area contributed by atoms with E-state index in [1.54, 1.807) is 81.0 Å². The number of fused-ring (bicyclic) bond motifs is 1. The third-order valence-electron chi connectivity index (χ3n) is 5.37. The molecule has 0 unspecified atom stereocenters. The fraction of sp³-hybridized carbons (Fsp3) is 0.214. The van der Waals surface area contributed by atoms with E-state index >= 15 is 0 Å². The molecule has 7 nitrogen and oxygen atoms in total. The highest BCUT2D eigenvalue weighted by Gasteiger charge is 2.34. The third kappa shape index (κ3) is 5.09. The predicted molar refractivity (Wildman–Crippen MR) is 139 cm³/mol. The van der Waals surface area contributed by atoms with Crippen molar-refractivity contribution in [2.24, 2.45) is 0 Å². The van der Waals surface area contributed by atoms with Crippen molar-refractivity contribution < 1.29 is 23.9 Å². The van der Waals surface area contributed by atoms with E-state index < -0.39 is 29.9 Å². The van der Waals surface area contributed by atoms with Crippen LogP contribution >= 0.6 is 15.9 Å². The van der Waals surface area contributed by atoms with Crippen molar-refractivity contribution in [1.82, 2.24) is 9.38 Å².